The average molecular weight is 428 g/mol. The zero-order valence-corrected chi connectivity index (χ0v) is 18.8. The quantitative estimate of drug-likeness (QED) is 0.477. The van der Waals surface area contributed by atoms with Crippen LogP contribution in [0.25, 0.3) is 11.4 Å². The zero-order chi connectivity index (χ0) is 22.1. The van der Waals surface area contributed by atoms with Crippen LogP contribution in [0.4, 0.5) is 0 Å². The number of benzene rings is 1. The lowest BCUT2D eigenvalue weighted by atomic mass is 9.74. The minimum absolute atomic E-state index is 0.181. The van der Waals surface area contributed by atoms with Crippen molar-refractivity contribution < 1.29 is 4.74 Å². The molecule has 0 saturated heterocycles. The molecule has 1 aliphatic carbocycles. The van der Waals surface area contributed by atoms with E-state index in [0.29, 0.717) is 0 Å². The molecule has 0 aliphatic heterocycles. The fourth-order valence-electron chi connectivity index (χ4n) is 4.71. The summed E-state index contributed by atoms with van der Waals surface area (Å²) in [5.41, 5.74) is 6.11. The van der Waals surface area contributed by atoms with E-state index < -0.39 is 0 Å². The molecule has 1 unspecified atom stereocenters. The topological polar surface area (TPSA) is 56.9 Å². The summed E-state index contributed by atoms with van der Waals surface area (Å²) in [6.07, 6.45) is 9.89. The van der Waals surface area contributed by atoms with Gasteiger partial charge in [-0.25, -0.2) is 4.68 Å². The maximum atomic E-state index is 5.31. The summed E-state index contributed by atoms with van der Waals surface area (Å²) in [7, 11) is 1.69. The van der Waals surface area contributed by atoms with E-state index >= 15 is 0 Å². The number of pyridine rings is 1. The Kier molecular flexibility index (Phi) is 5.31. The lowest BCUT2D eigenvalue weighted by molar-refractivity contribution is 0.252. The van der Waals surface area contributed by atoms with Crippen molar-refractivity contribution in [1.29, 1.82) is 0 Å². The second-order valence-corrected chi connectivity index (χ2v) is 9.22. The van der Waals surface area contributed by atoms with E-state index in [2.05, 4.69) is 69.9 Å². The van der Waals surface area contributed by atoms with Crippen LogP contribution in [-0.4, -0.2) is 26.4 Å². The number of hydrogen-bond acceptors (Lipinski definition) is 4. The van der Waals surface area contributed by atoms with Crippen molar-refractivity contribution in [3.63, 3.8) is 0 Å². The summed E-state index contributed by atoms with van der Waals surface area (Å²) in [6, 6.07) is 16.6. The summed E-state index contributed by atoms with van der Waals surface area (Å²) in [4.78, 5) is 4.26. The average Bonchev–Trinajstić information content (AvgIpc) is 3.44. The molecule has 4 aromatic rings. The molecule has 0 fully saturated rings. The molecule has 1 aromatic carbocycles. The minimum Gasteiger partial charge on any atom is -0.497 e. The van der Waals surface area contributed by atoms with Gasteiger partial charge in [0.15, 0.2) is 0 Å². The smallest absolute Gasteiger partial charge is 0.119 e. The van der Waals surface area contributed by atoms with E-state index in [9.17, 15) is 0 Å². The van der Waals surface area contributed by atoms with Crippen LogP contribution in [0, 0.1) is 5.41 Å². The van der Waals surface area contributed by atoms with Crippen LogP contribution in [0.1, 0.15) is 43.3 Å². The van der Waals surface area contributed by atoms with Crippen LogP contribution in [0.15, 0.2) is 73.3 Å². The Labute approximate surface area is 188 Å². The van der Waals surface area contributed by atoms with Crippen molar-refractivity contribution in [2.45, 2.75) is 39.3 Å². The maximum Gasteiger partial charge on any atom is 0.119 e. The molecule has 1 aliphatic rings. The third-order valence-electron chi connectivity index (χ3n) is 6.28. The Hall–Kier alpha value is -3.38. The van der Waals surface area contributed by atoms with Gasteiger partial charge in [-0.3, -0.25) is 4.98 Å². The maximum absolute atomic E-state index is 5.31. The van der Waals surface area contributed by atoms with Gasteiger partial charge in [0, 0.05) is 41.9 Å². The molecule has 0 saturated carbocycles. The second kappa shape index (κ2) is 8.28. The third kappa shape index (κ3) is 3.94. The molecule has 3 aromatic heterocycles. The van der Waals surface area contributed by atoms with Crippen LogP contribution in [0.3, 0.4) is 0 Å². The summed E-state index contributed by atoms with van der Waals surface area (Å²) >= 11 is 0. The van der Waals surface area contributed by atoms with Crippen molar-refractivity contribution in [1.82, 2.24) is 24.6 Å². The summed E-state index contributed by atoms with van der Waals surface area (Å²) in [5, 5.41) is 8.59. The van der Waals surface area contributed by atoms with Gasteiger partial charge in [0.1, 0.15) is 5.75 Å². The first kappa shape index (κ1) is 20.5. The van der Waals surface area contributed by atoms with Crippen LogP contribution in [0.5, 0.6) is 5.75 Å². The second-order valence-electron chi connectivity index (χ2n) is 9.22. The minimum atomic E-state index is 0.181. The highest BCUT2D eigenvalue weighted by atomic mass is 16.5. The predicted octanol–water partition coefficient (Wildman–Crippen LogP) is 4.87. The van der Waals surface area contributed by atoms with Crippen molar-refractivity contribution >= 4 is 0 Å². The Morgan fingerprint density at radius 3 is 2.66 bits per heavy atom. The summed E-state index contributed by atoms with van der Waals surface area (Å²) < 4.78 is 9.59. The first-order chi connectivity index (χ1) is 15.5. The predicted molar refractivity (Wildman–Crippen MR) is 125 cm³/mol. The standard InChI is InChI=1S/C26H29N5O/c1-26(2)14-24(28-17-21-7-5-13-30(21)20-6-4-12-27-16-20)23-18-29-31(25(23)15-26)19-8-10-22(32-3)11-9-19/h4-13,16,18,24,28H,14-15,17H2,1-3H3. The van der Waals surface area contributed by atoms with Gasteiger partial charge in [-0.15, -0.1) is 0 Å². The summed E-state index contributed by atoms with van der Waals surface area (Å²) in [6.45, 7) is 5.46. The Bertz CT molecular complexity index is 1190. The molecule has 0 amide bonds. The Morgan fingerprint density at radius 2 is 1.91 bits per heavy atom. The molecule has 1 N–H and O–H groups in total. The first-order valence-electron chi connectivity index (χ1n) is 11.1. The number of ether oxygens (including phenoxy) is 1. The number of hydrogen-bond donors (Lipinski definition) is 1. The van der Waals surface area contributed by atoms with Crippen LogP contribution in [0.2, 0.25) is 0 Å². The molecule has 0 spiro atoms. The van der Waals surface area contributed by atoms with E-state index in [4.69, 9.17) is 9.84 Å². The normalized spacial score (nSPS) is 17.2. The SMILES string of the molecule is COc1ccc(-n2ncc3c2CC(C)(C)CC3NCc2cccn2-c2cccnc2)cc1. The molecule has 3 heterocycles. The van der Waals surface area contributed by atoms with Crippen molar-refractivity contribution in [2.75, 3.05) is 7.11 Å². The molecule has 164 valence electrons. The van der Waals surface area contributed by atoms with Gasteiger partial charge in [0.25, 0.3) is 0 Å². The molecule has 6 nitrogen and oxygen atoms in total. The molecular weight excluding hydrogens is 398 g/mol. The Balaban J connectivity index is 1.41. The van der Waals surface area contributed by atoms with Crippen molar-refractivity contribution in [3.8, 4) is 17.1 Å². The van der Waals surface area contributed by atoms with Gasteiger partial charge >= 0.3 is 0 Å². The lowest BCUT2D eigenvalue weighted by Gasteiger charge is -2.36. The number of fused-ring (bicyclic) bond motifs is 1. The van der Waals surface area contributed by atoms with Crippen molar-refractivity contribution in [2.24, 2.45) is 5.41 Å². The fraction of sp³-hybridized carbons (Fsp3) is 0.308. The monoisotopic (exact) mass is 427 g/mol. The van der Waals surface area contributed by atoms with Gasteiger partial charge in [-0.1, -0.05) is 13.8 Å². The van der Waals surface area contributed by atoms with E-state index in [-0.39, 0.29) is 11.5 Å². The number of nitrogens with one attached hydrogen (secondary N) is 1. The highest BCUT2D eigenvalue weighted by molar-refractivity contribution is 5.41. The van der Waals surface area contributed by atoms with Crippen LogP contribution < -0.4 is 10.1 Å². The van der Waals surface area contributed by atoms with Gasteiger partial charge in [-0.2, -0.15) is 5.10 Å². The van der Waals surface area contributed by atoms with E-state index in [0.717, 1.165) is 36.5 Å². The fourth-order valence-corrected chi connectivity index (χ4v) is 4.71. The highest BCUT2D eigenvalue weighted by Crippen LogP contribution is 2.41. The molecule has 1 atom stereocenters. The number of aromatic nitrogens is 4. The van der Waals surface area contributed by atoms with E-state index in [1.54, 1.807) is 13.3 Å². The van der Waals surface area contributed by atoms with Gasteiger partial charge in [-0.05, 0) is 66.8 Å². The van der Waals surface area contributed by atoms with Crippen LogP contribution >= 0.6 is 0 Å². The molecule has 0 bridgehead atoms. The first-order valence-corrected chi connectivity index (χ1v) is 11.1. The Morgan fingerprint density at radius 1 is 1.06 bits per heavy atom. The molecule has 5 rings (SSSR count). The highest BCUT2D eigenvalue weighted by Gasteiger charge is 2.35. The van der Waals surface area contributed by atoms with Crippen molar-refractivity contribution in [3.05, 3.63) is 90.3 Å². The molecular formula is C26H29N5O. The largest absolute Gasteiger partial charge is 0.497 e. The lowest BCUT2D eigenvalue weighted by Crippen LogP contribution is -2.33. The van der Waals surface area contributed by atoms with Gasteiger partial charge < -0.3 is 14.6 Å². The molecule has 32 heavy (non-hydrogen) atoms. The number of rotatable bonds is 6. The van der Waals surface area contributed by atoms with E-state index in [1.807, 2.05) is 30.6 Å². The zero-order valence-electron chi connectivity index (χ0n) is 18.8. The molecule has 6 heteroatoms. The number of nitrogens with zero attached hydrogens (tertiary/aromatic N) is 4. The number of methoxy groups -OCH3 is 1. The van der Waals surface area contributed by atoms with Crippen LogP contribution in [-0.2, 0) is 13.0 Å². The van der Waals surface area contributed by atoms with Gasteiger partial charge in [0.05, 0.1) is 30.9 Å². The molecule has 0 radical (unpaired) electrons. The van der Waals surface area contributed by atoms with Gasteiger partial charge in [0.2, 0.25) is 0 Å². The third-order valence-corrected chi connectivity index (χ3v) is 6.28. The van der Waals surface area contributed by atoms with E-state index in [1.165, 1.54) is 17.0 Å². The summed E-state index contributed by atoms with van der Waals surface area (Å²) in [5.74, 6) is 0.853.